The van der Waals surface area contributed by atoms with Crippen LogP contribution in [-0.4, -0.2) is 17.1 Å². The molecule has 0 atom stereocenters. The maximum atomic E-state index is 13.1. The number of halogens is 3. The monoisotopic (exact) mass is 424 g/mol. The van der Waals surface area contributed by atoms with Crippen LogP contribution >= 0.6 is 34.5 Å². The van der Waals surface area contributed by atoms with E-state index in [4.69, 9.17) is 23.2 Å². The van der Waals surface area contributed by atoms with Crippen LogP contribution in [-0.2, 0) is 0 Å². The molecule has 0 saturated carbocycles. The average Bonchev–Trinajstić information content (AvgIpc) is 3.03. The first kappa shape index (κ1) is 19.2. The molecule has 3 N–H and O–H groups in total. The molecule has 0 aliphatic carbocycles. The molecule has 5 nitrogen and oxygen atoms in total. The fourth-order valence-corrected chi connectivity index (χ4v) is 3.81. The van der Waals surface area contributed by atoms with Crippen LogP contribution in [0.3, 0.4) is 0 Å². The van der Waals surface area contributed by atoms with Gasteiger partial charge in [-0.3, -0.25) is 5.32 Å². The third kappa shape index (κ3) is 4.39. The Labute approximate surface area is 167 Å². The number of urea groups is 1. The lowest BCUT2D eigenvalue weighted by molar-refractivity contribution is 0.0698. The van der Waals surface area contributed by atoms with Gasteiger partial charge in [0.2, 0.25) is 0 Å². The maximum Gasteiger partial charge on any atom is 0.338 e. The zero-order valence-corrected chi connectivity index (χ0v) is 15.8. The number of amides is 2. The minimum atomic E-state index is -1.20. The van der Waals surface area contributed by atoms with Gasteiger partial charge >= 0.3 is 12.0 Å². The first-order valence-corrected chi connectivity index (χ1v) is 9.07. The van der Waals surface area contributed by atoms with Crippen molar-refractivity contribution < 1.29 is 19.1 Å². The van der Waals surface area contributed by atoms with Crippen LogP contribution in [0.25, 0.3) is 10.4 Å². The minimum absolute atomic E-state index is 0.0836. The van der Waals surface area contributed by atoms with E-state index in [0.29, 0.717) is 10.4 Å². The summed E-state index contributed by atoms with van der Waals surface area (Å²) in [6.07, 6.45) is 0. The van der Waals surface area contributed by atoms with Gasteiger partial charge < -0.3 is 10.4 Å². The van der Waals surface area contributed by atoms with E-state index in [1.807, 2.05) is 0 Å². The highest BCUT2D eigenvalue weighted by Gasteiger charge is 2.19. The van der Waals surface area contributed by atoms with E-state index in [0.717, 1.165) is 11.3 Å². The second-order valence-electron chi connectivity index (χ2n) is 5.34. The Balaban J connectivity index is 1.86. The van der Waals surface area contributed by atoms with Crippen molar-refractivity contribution in [1.82, 2.24) is 0 Å². The second kappa shape index (κ2) is 7.96. The number of rotatable bonds is 4. The van der Waals surface area contributed by atoms with Gasteiger partial charge in [0.1, 0.15) is 10.8 Å². The van der Waals surface area contributed by atoms with Gasteiger partial charge in [-0.05, 0) is 35.9 Å². The average molecular weight is 425 g/mol. The van der Waals surface area contributed by atoms with Gasteiger partial charge in [0.25, 0.3) is 0 Å². The third-order valence-electron chi connectivity index (χ3n) is 3.52. The van der Waals surface area contributed by atoms with Crippen LogP contribution in [0.1, 0.15) is 10.4 Å². The molecule has 3 aromatic rings. The van der Waals surface area contributed by atoms with Crippen LogP contribution in [0.2, 0.25) is 10.0 Å². The molecule has 0 unspecified atom stereocenters. The lowest BCUT2D eigenvalue weighted by Crippen LogP contribution is -2.20. The Morgan fingerprint density at radius 3 is 2.22 bits per heavy atom. The first-order chi connectivity index (χ1) is 12.8. The molecule has 27 heavy (non-hydrogen) atoms. The minimum Gasteiger partial charge on any atom is -0.478 e. The number of carboxylic acids is 1. The number of aromatic carboxylic acids is 1. The quantitative estimate of drug-likeness (QED) is 0.466. The first-order valence-electron chi connectivity index (χ1n) is 7.50. The van der Waals surface area contributed by atoms with Gasteiger partial charge in [0.15, 0.2) is 0 Å². The van der Waals surface area contributed by atoms with E-state index in [1.54, 1.807) is 18.2 Å². The van der Waals surface area contributed by atoms with Crippen molar-refractivity contribution >= 4 is 57.2 Å². The number of carbonyl (C=O) groups is 2. The van der Waals surface area contributed by atoms with Crippen molar-refractivity contribution in [1.29, 1.82) is 0 Å². The standard InChI is InChI=1S/C18H11Cl2FN2O3S/c19-12-2-1-3-13(20)15(12)22-18(26)23-16-11(17(24)25)8-14(27-16)9-4-6-10(21)7-5-9/h1-8H,(H,24,25)(H2,22,23,26). The summed E-state index contributed by atoms with van der Waals surface area (Å²) in [7, 11) is 0. The van der Waals surface area contributed by atoms with Gasteiger partial charge in [-0.25, -0.2) is 14.0 Å². The molecule has 0 saturated heterocycles. The van der Waals surface area contributed by atoms with Gasteiger partial charge in [0.05, 0.1) is 21.3 Å². The van der Waals surface area contributed by atoms with Crippen molar-refractivity contribution in [3.63, 3.8) is 0 Å². The number of hydrogen-bond acceptors (Lipinski definition) is 3. The SMILES string of the molecule is O=C(Nc1sc(-c2ccc(F)cc2)cc1C(=O)O)Nc1c(Cl)cccc1Cl. The highest BCUT2D eigenvalue weighted by molar-refractivity contribution is 7.20. The normalized spacial score (nSPS) is 10.5. The van der Waals surface area contributed by atoms with Crippen molar-refractivity contribution in [2.45, 2.75) is 0 Å². The van der Waals surface area contributed by atoms with Crippen molar-refractivity contribution in [3.05, 3.63) is 70.0 Å². The van der Waals surface area contributed by atoms with E-state index in [2.05, 4.69) is 10.6 Å². The molecule has 1 heterocycles. The number of anilines is 2. The van der Waals surface area contributed by atoms with Gasteiger partial charge in [0, 0.05) is 4.88 Å². The second-order valence-corrected chi connectivity index (χ2v) is 7.21. The summed E-state index contributed by atoms with van der Waals surface area (Å²) < 4.78 is 13.1. The Bertz CT molecular complexity index is 1000. The number of carbonyl (C=O) groups excluding carboxylic acids is 1. The summed E-state index contributed by atoms with van der Waals surface area (Å²) in [5.74, 6) is -1.60. The maximum absolute atomic E-state index is 13.1. The molecular weight excluding hydrogens is 414 g/mol. The number of benzene rings is 2. The summed E-state index contributed by atoms with van der Waals surface area (Å²) in [5.41, 5.74) is 0.761. The topological polar surface area (TPSA) is 78.4 Å². The number of carboxylic acid groups (broad SMARTS) is 1. The molecule has 2 amide bonds. The molecule has 0 bridgehead atoms. The molecule has 1 aromatic heterocycles. The molecule has 0 spiro atoms. The van der Waals surface area contributed by atoms with E-state index >= 15 is 0 Å². The summed E-state index contributed by atoms with van der Waals surface area (Å²) in [5, 5.41) is 15.0. The predicted molar refractivity (Wildman–Crippen MR) is 106 cm³/mol. The molecule has 3 rings (SSSR count). The number of hydrogen-bond donors (Lipinski definition) is 3. The Kier molecular flexibility index (Phi) is 5.65. The van der Waals surface area contributed by atoms with Crippen LogP contribution in [0.4, 0.5) is 19.9 Å². The zero-order chi connectivity index (χ0) is 19.6. The van der Waals surface area contributed by atoms with Crippen molar-refractivity contribution in [3.8, 4) is 10.4 Å². The Morgan fingerprint density at radius 2 is 1.63 bits per heavy atom. The molecule has 9 heteroatoms. The molecule has 0 radical (unpaired) electrons. The van der Waals surface area contributed by atoms with Crippen molar-refractivity contribution in [2.75, 3.05) is 10.6 Å². The van der Waals surface area contributed by atoms with E-state index in [9.17, 15) is 19.1 Å². The van der Waals surface area contributed by atoms with Gasteiger partial charge in [-0.15, -0.1) is 11.3 Å². The lowest BCUT2D eigenvalue weighted by atomic mass is 10.1. The summed E-state index contributed by atoms with van der Waals surface area (Å²) in [6.45, 7) is 0. The van der Waals surface area contributed by atoms with E-state index in [1.165, 1.54) is 30.3 Å². The Morgan fingerprint density at radius 1 is 1.00 bits per heavy atom. The molecule has 0 aliphatic rings. The largest absolute Gasteiger partial charge is 0.478 e. The smallest absolute Gasteiger partial charge is 0.338 e. The number of thiophene rings is 1. The molecule has 138 valence electrons. The lowest BCUT2D eigenvalue weighted by Gasteiger charge is -2.10. The van der Waals surface area contributed by atoms with E-state index < -0.39 is 17.8 Å². The molecular formula is C18H11Cl2FN2O3S. The molecule has 0 fully saturated rings. The van der Waals surface area contributed by atoms with Gasteiger partial charge in [-0.1, -0.05) is 41.4 Å². The fraction of sp³-hybridized carbons (Fsp3) is 0. The van der Waals surface area contributed by atoms with Crippen molar-refractivity contribution in [2.24, 2.45) is 0 Å². The van der Waals surface area contributed by atoms with Crippen LogP contribution in [0, 0.1) is 5.82 Å². The number of nitrogens with one attached hydrogen (secondary N) is 2. The third-order valence-corrected chi connectivity index (χ3v) is 5.25. The highest BCUT2D eigenvalue weighted by Crippen LogP contribution is 2.36. The predicted octanol–water partition coefficient (Wildman–Crippen LogP) is 6.20. The zero-order valence-electron chi connectivity index (χ0n) is 13.4. The van der Waals surface area contributed by atoms with Crippen LogP contribution in [0.5, 0.6) is 0 Å². The van der Waals surface area contributed by atoms with Crippen LogP contribution in [0.15, 0.2) is 48.5 Å². The van der Waals surface area contributed by atoms with Crippen LogP contribution < -0.4 is 10.6 Å². The Hall–Kier alpha value is -2.61. The number of para-hydroxylation sites is 1. The highest BCUT2D eigenvalue weighted by atomic mass is 35.5. The summed E-state index contributed by atoms with van der Waals surface area (Å²) in [6, 6.07) is 11.1. The summed E-state index contributed by atoms with van der Waals surface area (Å²) in [4.78, 5) is 24.3. The summed E-state index contributed by atoms with van der Waals surface area (Å²) >= 11 is 13.1. The fourth-order valence-electron chi connectivity index (χ4n) is 2.26. The van der Waals surface area contributed by atoms with Gasteiger partial charge in [-0.2, -0.15) is 0 Å². The molecule has 0 aliphatic heterocycles. The van der Waals surface area contributed by atoms with E-state index in [-0.39, 0.29) is 26.3 Å². The molecule has 2 aromatic carbocycles.